The van der Waals surface area contributed by atoms with Crippen LogP contribution in [-0.4, -0.2) is 34.8 Å². The van der Waals surface area contributed by atoms with E-state index in [1.165, 1.54) is 18.0 Å². The minimum atomic E-state index is -1.04. The van der Waals surface area contributed by atoms with Gasteiger partial charge in [-0.05, 0) is 19.1 Å². The third-order valence-corrected chi connectivity index (χ3v) is 2.80. The van der Waals surface area contributed by atoms with Crippen LogP contribution in [-0.2, 0) is 0 Å². The van der Waals surface area contributed by atoms with Gasteiger partial charge in [-0.2, -0.15) is 0 Å². The highest BCUT2D eigenvalue weighted by Gasteiger charge is 2.18. The van der Waals surface area contributed by atoms with Gasteiger partial charge in [0, 0.05) is 6.07 Å². The van der Waals surface area contributed by atoms with Gasteiger partial charge in [-0.25, -0.2) is 9.78 Å². The third kappa shape index (κ3) is 2.24. The summed E-state index contributed by atoms with van der Waals surface area (Å²) in [6.45, 7) is 1.65. The molecule has 0 aliphatic rings. The van der Waals surface area contributed by atoms with Gasteiger partial charge in [-0.15, -0.1) is 0 Å². The largest absolute Gasteiger partial charge is 0.497 e. The molecule has 19 heavy (non-hydrogen) atoms. The SMILES string of the molecule is COc1ccc(OC)c(-n2cnc(C)c2C(=O)O)c1. The van der Waals surface area contributed by atoms with Crippen LogP contribution in [0, 0.1) is 6.92 Å². The summed E-state index contributed by atoms with van der Waals surface area (Å²) in [4.78, 5) is 15.3. The lowest BCUT2D eigenvalue weighted by Crippen LogP contribution is -2.08. The van der Waals surface area contributed by atoms with Crippen molar-refractivity contribution >= 4 is 5.97 Å². The summed E-state index contributed by atoms with van der Waals surface area (Å²) >= 11 is 0. The fourth-order valence-corrected chi connectivity index (χ4v) is 1.86. The number of aryl methyl sites for hydroxylation is 1. The van der Waals surface area contributed by atoms with Crippen LogP contribution in [0.1, 0.15) is 16.2 Å². The summed E-state index contributed by atoms with van der Waals surface area (Å²) in [5.41, 5.74) is 1.11. The monoisotopic (exact) mass is 262 g/mol. The van der Waals surface area contributed by atoms with Gasteiger partial charge >= 0.3 is 5.97 Å². The van der Waals surface area contributed by atoms with Crippen LogP contribution in [0.15, 0.2) is 24.5 Å². The van der Waals surface area contributed by atoms with E-state index in [0.29, 0.717) is 22.9 Å². The summed E-state index contributed by atoms with van der Waals surface area (Å²) in [6.07, 6.45) is 1.45. The summed E-state index contributed by atoms with van der Waals surface area (Å²) in [7, 11) is 3.07. The summed E-state index contributed by atoms with van der Waals surface area (Å²) < 4.78 is 11.9. The van der Waals surface area contributed by atoms with Crippen molar-refractivity contribution in [3.63, 3.8) is 0 Å². The van der Waals surface area contributed by atoms with Gasteiger partial charge in [-0.1, -0.05) is 0 Å². The number of carboxylic acids is 1. The van der Waals surface area contributed by atoms with Gasteiger partial charge in [-0.3, -0.25) is 4.57 Å². The summed E-state index contributed by atoms with van der Waals surface area (Å²) in [5.74, 6) is 0.110. The topological polar surface area (TPSA) is 73.6 Å². The Morgan fingerprint density at radius 2 is 2.05 bits per heavy atom. The smallest absolute Gasteiger partial charge is 0.354 e. The molecule has 1 heterocycles. The Hall–Kier alpha value is -2.50. The molecule has 0 aliphatic carbocycles. The van der Waals surface area contributed by atoms with Crippen LogP contribution in [0.2, 0.25) is 0 Å². The molecule has 0 fully saturated rings. The molecule has 6 nitrogen and oxygen atoms in total. The molecule has 0 bridgehead atoms. The molecule has 0 unspecified atom stereocenters. The highest BCUT2D eigenvalue weighted by molar-refractivity contribution is 5.88. The molecule has 2 rings (SSSR count). The van der Waals surface area contributed by atoms with Crippen molar-refractivity contribution < 1.29 is 19.4 Å². The molecule has 0 atom stereocenters. The fraction of sp³-hybridized carbons (Fsp3) is 0.231. The van der Waals surface area contributed by atoms with Gasteiger partial charge in [0.05, 0.1) is 25.6 Å². The van der Waals surface area contributed by atoms with Crippen molar-refractivity contribution in [2.75, 3.05) is 14.2 Å². The van der Waals surface area contributed by atoms with Gasteiger partial charge < -0.3 is 14.6 Å². The minimum absolute atomic E-state index is 0.103. The van der Waals surface area contributed by atoms with Crippen molar-refractivity contribution in [3.8, 4) is 17.2 Å². The zero-order valence-corrected chi connectivity index (χ0v) is 10.9. The number of carbonyl (C=O) groups is 1. The van der Waals surface area contributed by atoms with Crippen LogP contribution in [0.25, 0.3) is 5.69 Å². The molecule has 100 valence electrons. The first-order valence-electron chi connectivity index (χ1n) is 5.58. The number of aromatic nitrogens is 2. The van der Waals surface area contributed by atoms with Crippen molar-refractivity contribution in [1.82, 2.24) is 9.55 Å². The molecular weight excluding hydrogens is 248 g/mol. The number of benzene rings is 1. The van der Waals surface area contributed by atoms with E-state index in [4.69, 9.17) is 9.47 Å². The van der Waals surface area contributed by atoms with Crippen LogP contribution in [0.5, 0.6) is 11.5 Å². The second kappa shape index (κ2) is 5.01. The standard InChI is InChI=1S/C13H14N2O4/c1-8-12(13(16)17)15(7-14-8)10-6-9(18-2)4-5-11(10)19-3/h4-7H,1-3H3,(H,16,17). The molecule has 0 aliphatic heterocycles. The Bertz CT molecular complexity index is 619. The van der Waals surface area contributed by atoms with Crippen LogP contribution in [0.4, 0.5) is 0 Å². The molecule has 2 aromatic rings. The van der Waals surface area contributed by atoms with Crippen molar-refractivity contribution in [1.29, 1.82) is 0 Å². The Morgan fingerprint density at radius 3 is 2.63 bits per heavy atom. The van der Waals surface area contributed by atoms with E-state index in [1.807, 2.05) is 0 Å². The van der Waals surface area contributed by atoms with Gasteiger partial charge in [0.2, 0.25) is 0 Å². The molecular formula is C13H14N2O4. The maximum atomic E-state index is 11.3. The predicted octanol–water partition coefficient (Wildman–Crippen LogP) is 1.90. The average molecular weight is 262 g/mol. The van der Waals surface area contributed by atoms with Crippen molar-refractivity contribution in [3.05, 3.63) is 35.9 Å². The molecule has 0 saturated heterocycles. The van der Waals surface area contributed by atoms with Crippen LogP contribution < -0.4 is 9.47 Å². The fourth-order valence-electron chi connectivity index (χ4n) is 1.86. The van der Waals surface area contributed by atoms with E-state index in [2.05, 4.69) is 4.98 Å². The number of nitrogens with zero attached hydrogens (tertiary/aromatic N) is 2. The van der Waals surface area contributed by atoms with E-state index in [1.54, 1.807) is 32.2 Å². The van der Waals surface area contributed by atoms with E-state index in [-0.39, 0.29) is 5.69 Å². The Labute approximate surface area is 110 Å². The van der Waals surface area contributed by atoms with E-state index in [0.717, 1.165) is 0 Å². The number of hydrogen-bond donors (Lipinski definition) is 1. The Kier molecular flexibility index (Phi) is 3.41. The Balaban J connectivity index is 2.67. The van der Waals surface area contributed by atoms with E-state index in [9.17, 15) is 9.90 Å². The summed E-state index contributed by atoms with van der Waals surface area (Å²) in [6, 6.07) is 5.16. The number of carboxylic acid groups (broad SMARTS) is 1. The lowest BCUT2D eigenvalue weighted by molar-refractivity contribution is 0.0687. The molecule has 6 heteroatoms. The van der Waals surface area contributed by atoms with Crippen LogP contribution in [0.3, 0.4) is 0 Å². The summed E-state index contributed by atoms with van der Waals surface area (Å²) in [5, 5.41) is 9.25. The van der Waals surface area contributed by atoms with Crippen molar-refractivity contribution in [2.24, 2.45) is 0 Å². The van der Waals surface area contributed by atoms with Crippen molar-refractivity contribution in [2.45, 2.75) is 6.92 Å². The second-order valence-electron chi connectivity index (χ2n) is 3.89. The molecule has 1 aromatic carbocycles. The number of ether oxygens (including phenoxy) is 2. The van der Waals surface area contributed by atoms with E-state index < -0.39 is 5.97 Å². The molecule has 1 N–H and O–H groups in total. The quantitative estimate of drug-likeness (QED) is 0.910. The predicted molar refractivity (Wildman–Crippen MR) is 68.4 cm³/mol. The zero-order chi connectivity index (χ0) is 14.0. The maximum absolute atomic E-state index is 11.3. The minimum Gasteiger partial charge on any atom is -0.497 e. The molecule has 0 spiro atoms. The highest BCUT2D eigenvalue weighted by Crippen LogP contribution is 2.29. The lowest BCUT2D eigenvalue weighted by atomic mass is 10.2. The molecule has 0 saturated carbocycles. The molecule has 0 radical (unpaired) electrons. The first kappa shape index (κ1) is 12.9. The second-order valence-corrected chi connectivity index (χ2v) is 3.89. The maximum Gasteiger partial charge on any atom is 0.354 e. The first-order valence-corrected chi connectivity index (χ1v) is 5.58. The number of hydrogen-bond acceptors (Lipinski definition) is 4. The van der Waals surface area contributed by atoms with E-state index >= 15 is 0 Å². The number of rotatable bonds is 4. The normalized spacial score (nSPS) is 10.3. The van der Waals surface area contributed by atoms with Gasteiger partial charge in [0.25, 0.3) is 0 Å². The zero-order valence-electron chi connectivity index (χ0n) is 10.9. The first-order chi connectivity index (χ1) is 9.08. The number of imidazole rings is 1. The highest BCUT2D eigenvalue weighted by atomic mass is 16.5. The lowest BCUT2D eigenvalue weighted by Gasteiger charge is -2.12. The number of aromatic carboxylic acids is 1. The van der Waals surface area contributed by atoms with Gasteiger partial charge in [0.15, 0.2) is 5.69 Å². The Morgan fingerprint density at radius 1 is 1.32 bits per heavy atom. The van der Waals surface area contributed by atoms with Crippen LogP contribution >= 0.6 is 0 Å². The molecule has 0 amide bonds. The molecule has 1 aromatic heterocycles. The third-order valence-electron chi connectivity index (χ3n) is 2.80. The van der Waals surface area contributed by atoms with Gasteiger partial charge in [0.1, 0.15) is 17.8 Å². The number of methoxy groups -OCH3 is 2. The average Bonchev–Trinajstić information content (AvgIpc) is 2.79.